The number of carbonyl (C=O) groups excluding carboxylic acids is 1. The molecule has 2 amide bonds. The number of hydrogen-bond donors (Lipinski definition) is 1. The minimum absolute atomic E-state index is 0.162. The van der Waals surface area contributed by atoms with Crippen LogP contribution in [0.25, 0.3) is 0 Å². The summed E-state index contributed by atoms with van der Waals surface area (Å²) < 4.78 is 34.9. The van der Waals surface area contributed by atoms with Crippen molar-refractivity contribution in [3.63, 3.8) is 0 Å². The van der Waals surface area contributed by atoms with Crippen molar-refractivity contribution >= 4 is 11.9 Å². The van der Waals surface area contributed by atoms with Crippen LogP contribution in [0.1, 0.15) is 36.8 Å². The van der Waals surface area contributed by atoms with Crippen LogP contribution in [0.3, 0.4) is 0 Å². The lowest BCUT2D eigenvalue weighted by Gasteiger charge is -2.36. The molecule has 9 heteroatoms. The maximum Gasteiger partial charge on any atom is 0.368 e. The van der Waals surface area contributed by atoms with E-state index in [1.54, 1.807) is 0 Å². The standard InChI is InChI=1S/C25H28F2N4O3/c1-30(33-2)24(32)31-25(18-9-4-3-5-10-18,15-8-16-28-20-11-6-7-12-20)34-23(29-31)21-17-19(26)13-14-22(21)27/h3-6,9-11,13-14,17,20,28H,7-8,12,15-16H2,1-2H3. The number of hydroxylamine groups is 2. The molecule has 34 heavy (non-hydrogen) atoms. The number of urea groups is 1. The van der Waals surface area contributed by atoms with E-state index in [0.29, 0.717) is 31.0 Å². The molecule has 4 rings (SSSR count). The molecule has 2 unspecified atom stereocenters. The number of ether oxygens (including phenoxy) is 1. The van der Waals surface area contributed by atoms with Crippen LogP contribution in [-0.2, 0) is 15.3 Å². The second kappa shape index (κ2) is 10.3. The van der Waals surface area contributed by atoms with Gasteiger partial charge in [0, 0.05) is 25.1 Å². The Morgan fingerprint density at radius 3 is 2.79 bits per heavy atom. The summed E-state index contributed by atoms with van der Waals surface area (Å²) in [5.41, 5.74) is -0.874. The van der Waals surface area contributed by atoms with Crippen LogP contribution in [0, 0.1) is 11.6 Å². The van der Waals surface area contributed by atoms with Crippen molar-refractivity contribution in [3.05, 3.63) is 83.4 Å². The van der Waals surface area contributed by atoms with E-state index in [9.17, 15) is 13.6 Å². The summed E-state index contributed by atoms with van der Waals surface area (Å²) in [5.74, 6) is -1.52. The molecular weight excluding hydrogens is 442 g/mol. The monoisotopic (exact) mass is 470 g/mol. The Labute approximate surface area is 197 Å². The molecular formula is C25H28F2N4O3. The van der Waals surface area contributed by atoms with Crippen LogP contribution in [-0.4, -0.2) is 48.7 Å². The van der Waals surface area contributed by atoms with E-state index in [1.807, 2.05) is 30.3 Å². The highest BCUT2D eigenvalue weighted by Gasteiger charge is 2.51. The summed E-state index contributed by atoms with van der Waals surface area (Å²) in [5, 5.41) is 9.98. The molecule has 0 spiro atoms. The number of hydrogen-bond acceptors (Lipinski definition) is 5. The summed E-state index contributed by atoms with van der Waals surface area (Å²) in [6.07, 6.45) is 7.39. The molecule has 180 valence electrons. The van der Waals surface area contributed by atoms with Crippen LogP contribution in [0.15, 0.2) is 65.8 Å². The molecule has 0 radical (unpaired) electrons. The molecule has 1 aliphatic carbocycles. The minimum atomic E-state index is -1.37. The fourth-order valence-corrected chi connectivity index (χ4v) is 4.17. The van der Waals surface area contributed by atoms with Gasteiger partial charge in [-0.15, -0.1) is 5.10 Å². The van der Waals surface area contributed by atoms with Crippen LogP contribution in [0.2, 0.25) is 0 Å². The molecule has 1 N–H and O–H groups in total. The van der Waals surface area contributed by atoms with Crippen LogP contribution in [0.5, 0.6) is 0 Å². The van der Waals surface area contributed by atoms with Gasteiger partial charge in [0.1, 0.15) is 11.6 Å². The highest BCUT2D eigenvalue weighted by Crippen LogP contribution is 2.41. The molecule has 0 saturated heterocycles. The molecule has 2 aromatic rings. The largest absolute Gasteiger partial charge is 0.443 e. The number of nitrogens with zero attached hydrogens (tertiary/aromatic N) is 3. The molecule has 2 atom stereocenters. The topological polar surface area (TPSA) is 66.4 Å². The first-order chi connectivity index (χ1) is 16.4. The second-order valence-corrected chi connectivity index (χ2v) is 8.23. The zero-order valence-electron chi connectivity index (χ0n) is 19.2. The molecule has 7 nitrogen and oxygen atoms in total. The van der Waals surface area contributed by atoms with Crippen molar-refractivity contribution in [2.75, 3.05) is 20.7 Å². The van der Waals surface area contributed by atoms with Gasteiger partial charge in [-0.25, -0.2) is 18.6 Å². The van der Waals surface area contributed by atoms with Gasteiger partial charge in [-0.1, -0.05) is 42.5 Å². The Bertz CT molecular complexity index is 1080. The number of hydrazone groups is 1. The fourth-order valence-electron chi connectivity index (χ4n) is 4.17. The van der Waals surface area contributed by atoms with Gasteiger partial charge < -0.3 is 10.1 Å². The SMILES string of the molecule is CON(C)C(=O)N1N=C(c2cc(F)ccc2F)OC1(CCCNC1C=CCC1)c1ccccc1. The number of benzene rings is 2. The lowest BCUT2D eigenvalue weighted by atomic mass is 9.96. The molecule has 2 aliphatic rings. The molecule has 0 aromatic heterocycles. The summed E-state index contributed by atoms with van der Waals surface area (Å²) in [7, 11) is 2.80. The first-order valence-electron chi connectivity index (χ1n) is 11.3. The Kier molecular flexibility index (Phi) is 7.23. The zero-order valence-corrected chi connectivity index (χ0v) is 19.2. The predicted octanol–water partition coefficient (Wildman–Crippen LogP) is 4.51. The summed E-state index contributed by atoms with van der Waals surface area (Å²) in [6.45, 7) is 0.679. The van der Waals surface area contributed by atoms with Gasteiger partial charge in [-0.2, -0.15) is 5.01 Å². The summed E-state index contributed by atoms with van der Waals surface area (Å²) in [4.78, 5) is 18.4. The Morgan fingerprint density at radius 1 is 1.29 bits per heavy atom. The number of allylic oxidation sites excluding steroid dienone is 1. The van der Waals surface area contributed by atoms with Gasteiger partial charge in [-0.05, 0) is 44.0 Å². The zero-order chi connectivity index (χ0) is 24.1. The van der Waals surface area contributed by atoms with Crippen molar-refractivity contribution in [2.24, 2.45) is 5.10 Å². The second-order valence-electron chi connectivity index (χ2n) is 8.23. The molecule has 2 aromatic carbocycles. The fraction of sp³-hybridized carbons (Fsp3) is 0.360. The van der Waals surface area contributed by atoms with E-state index in [2.05, 4.69) is 22.6 Å². The van der Waals surface area contributed by atoms with Crippen LogP contribution in [0.4, 0.5) is 13.6 Å². The minimum Gasteiger partial charge on any atom is -0.443 e. The van der Waals surface area contributed by atoms with Crippen molar-refractivity contribution in [2.45, 2.75) is 37.5 Å². The van der Waals surface area contributed by atoms with Crippen molar-refractivity contribution in [1.29, 1.82) is 0 Å². The van der Waals surface area contributed by atoms with Gasteiger partial charge in [0.25, 0.3) is 0 Å². The lowest BCUT2D eigenvalue weighted by molar-refractivity contribution is -0.113. The Hall–Kier alpha value is -3.30. The highest BCUT2D eigenvalue weighted by atomic mass is 19.1. The third-order valence-electron chi connectivity index (χ3n) is 6.02. The van der Waals surface area contributed by atoms with Crippen molar-refractivity contribution < 1.29 is 23.1 Å². The van der Waals surface area contributed by atoms with Crippen LogP contribution >= 0.6 is 0 Å². The third kappa shape index (κ3) is 4.80. The molecule has 0 bridgehead atoms. The third-order valence-corrected chi connectivity index (χ3v) is 6.02. The predicted molar refractivity (Wildman–Crippen MR) is 124 cm³/mol. The van der Waals surface area contributed by atoms with E-state index in [1.165, 1.54) is 14.2 Å². The summed E-state index contributed by atoms with van der Waals surface area (Å²) in [6, 6.07) is 11.9. The average molecular weight is 471 g/mol. The Morgan fingerprint density at radius 2 is 2.09 bits per heavy atom. The Balaban J connectivity index is 1.69. The van der Waals surface area contributed by atoms with E-state index < -0.39 is 23.4 Å². The molecule has 1 heterocycles. The maximum atomic E-state index is 14.6. The first-order valence-corrected chi connectivity index (χ1v) is 11.3. The normalized spacial score (nSPS) is 21.5. The molecule has 1 aliphatic heterocycles. The van der Waals surface area contributed by atoms with E-state index in [0.717, 1.165) is 41.1 Å². The molecule has 0 fully saturated rings. The lowest BCUT2D eigenvalue weighted by Crippen LogP contribution is -2.49. The summed E-state index contributed by atoms with van der Waals surface area (Å²) >= 11 is 0. The number of nitrogens with one attached hydrogen (secondary N) is 1. The number of amides is 2. The number of carbonyl (C=O) groups is 1. The van der Waals surface area contributed by atoms with Crippen LogP contribution < -0.4 is 5.32 Å². The van der Waals surface area contributed by atoms with E-state index in [-0.39, 0.29) is 11.5 Å². The highest BCUT2D eigenvalue weighted by molar-refractivity contribution is 5.97. The number of halogens is 2. The van der Waals surface area contributed by atoms with Gasteiger partial charge in [0.05, 0.1) is 12.7 Å². The smallest absolute Gasteiger partial charge is 0.368 e. The first kappa shape index (κ1) is 23.8. The van der Waals surface area contributed by atoms with Gasteiger partial charge in [-0.3, -0.25) is 4.84 Å². The number of rotatable bonds is 8. The van der Waals surface area contributed by atoms with E-state index in [4.69, 9.17) is 9.57 Å². The van der Waals surface area contributed by atoms with Crippen molar-refractivity contribution in [1.82, 2.24) is 15.4 Å². The molecule has 0 saturated carbocycles. The quantitative estimate of drug-likeness (QED) is 0.350. The van der Waals surface area contributed by atoms with Crippen molar-refractivity contribution in [3.8, 4) is 0 Å². The maximum absolute atomic E-state index is 14.6. The van der Waals surface area contributed by atoms with Gasteiger partial charge in [0.2, 0.25) is 11.6 Å². The average Bonchev–Trinajstić information content (AvgIpc) is 3.52. The van der Waals surface area contributed by atoms with Gasteiger partial charge >= 0.3 is 6.03 Å². The van der Waals surface area contributed by atoms with E-state index >= 15 is 0 Å². The van der Waals surface area contributed by atoms with Gasteiger partial charge in [0.15, 0.2) is 0 Å².